The Balaban J connectivity index is 1.45. The van der Waals surface area contributed by atoms with Crippen LogP contribution in [0.1, 0.15) is 44.0 Å². The molecule has 0 bridgehead atoms. The van der Waals surface area contributed by atoms with Crippen molar-refractivity contribution in [2.24, 2.45) is 11.8 Å². The van der Waals surface area contributed by atoms with Gasteiger partial charge in [-0.05, 0) is 55.2 Å². The number of rotatable bonds is 3. The number of thiophene rings is 1. The molecule has 0 aromatic carbocycles. The molecule has 6 nitrogen and oxygen atoms in total. The summed E-state index contributed by atoms with van der Waals surface area (Å²) < 4.78 is 0. The van der Waals surface area contributed by atoms with Gasteiger partial charge in [0, 0.05) is 43.4 Å². The number of nitrogens with one attached hydrogen (secondary N) is 2. The van der Waals surface area contributed by atoms with Crippen LogP contribution in [0.25, 0.3) is 0 Å². The number of likely N-dealkylation sites (tertiary alicyclic amines) is 1. The van der Waals surface area contributed by atoms with Gasteiger partial charge in [-0.25, -0.2) is 0 Å². The number of hydrogen-bond acceptors (Lipinski definition) is 5. The van der Waals surface area contributed by atoms with Gasteiger partial charge in [-0.3, -0.25) is 14.6 Å². The number of nitrogens with zero attached hydrogens (tertiary/aromatic N) is 2. The molecule has 5 rings (SSSR count). The SMILES string of the molecule is O=C(Nc1sc2c(c1C(=O)N1C[C@H]3CNC[C@H]3C1)CCCC2)c1cccnc1. The van der Waals surface area contributed by atoms with Gasteiger partial charge in [-0.1, -0.05) is 0 Å². The minimum atomic E-state index is -0.205. The molecule has 2 fully saturated rings. The molecule has 146 valence electrons. The van der Waals surface area contributed by atoms with Crippen molar-refractivity contribution < 1.29 is 9.59 Å². The first kappa shape index (κ1) is 17.8. The van der Waals surface area contributed by atoms with Gasteiger partial charge in [-0.2, -0.15) is 0 Å². The number of anilines is 1. The fraction of sp³-hybridized carbons (Fsp3) is 0.476. The van der Waals surface area contributed by atoms with Crippen LogP contribution in [0.4, 0.5) is 5.00 Å². The fourth-order valence-corrected chi connectivity index (χ4v) is 6.01. The van der Waals surface area contributed by atoms with Crippen LogP contribution >= 0.6 is 11.3 Å². The van der Waals surface area contributed by atoms with Gasteiger partial charge in [-0.15, -0.1) is 11.3 Å². The molecule has 4 heterocycles. The van der Waals surface area contributed by atoms with E-state index in [0.717, 1.165) is 63.0 Å². The number of hydrogen-bond donors (Lipinski definition) is 2. The van der Waals surface area contributed by atoms with Crippen molar-refractivity contribution >= 4 is 28.2 Å². The van der Waals surface area contributed by atoms with Crippen LogP contribution in [0.2, 0.25) is 0 Å². The van der Waals surface area contributed by atoms with Crippen molar-refractivity contribution in [1.29, 1.82) is 0 Å². The Hall–Kier alpha value is -2.25. The third-order valence-electron chi connectivity index (χ3n) is 6.21. The molecule has 28 heavy (non-hydrogen) atoms. The predicted octanol–water partition coefficient (Wildman–Crippen LogP) is 2.57. The summed E-state index contributed by atoms with van der Waals surface area (Å²) in [7, 11) is 0. The molecule has 1 aliphatic carbocycles. The van der Waals surface area contributed by atoms with Crippen LogP contribution in [0, 0.1) is 11.8 Å². The lowest BCUT2D eigenvalue weighted by molar-refractivity contribution is 0.0782. The zero-order valence-corrected chi connectivity index (χ0v) is 16.6. The quantitative estimate of drug-likeness (QED) is 0.836. The molecule has 3 aliphatic rings. The van der Waals surface area contributed by atoms with Gasteiger partial charge in [0.1, 0.15) is 5.00 Å². The van der Waals surface area contributed by atoms with Gasteiger partial charge >= 0.3 is 0 Å². The second kappa shape index (κ2) is 7.29. The number of carbonyl (C=O) groups excluding carboxylic acids is 2. The standard InChI is InChI=1S/C21H24N4O2S/c26-19(13-4-3-7-22-8-13)24-20-18(16-5-1-2-6-17(16)28-20)21(27)25-11-14-9-23-10-15(14)12-25/h3-4,7-8,14-15,23H,1-2,5-6,9-12H2,(H,24,26)/t14-,15+. The maximum Gasteiger partial charge on any atom is 0.257 e. The Bertz CT molecular complexity index is 899. The van der Waals surface area contributed by atoms with E-state index in [1.165, 1.54) is 4.88 Å². The zero-order valence-electron chi connectivity index (χ0n) is 15.7. The van der Waals surface area contributed by atoms with E-state index in [4.69, 9.17) is 0 Å². The highest BCUT2D eigenvalue weighted by atomic mass is 32.1. The summed E-state index contributed by atoms with van der Waals surface area (Å²) in [5.74, 6) is 1.01. The van der Waals surface area contributed by atoms with Crippen molar-refractivity contribution in [3.8, 4) is 0 Å². The summed E-state index contributed by atoms with van der Waals surface area (Å²) in [5.41, 5.74) is 2.41. The zero-order chi connectivity index (χ0) is 19.1. The Morgan fingerprint density at radius 2 is 1.96 bits per heavy atom. The molecule has 2 atom stereocenters. The van der Waals surface area contributed by atoms with E-state index in [1.807, 2.05) is 4.90 Å². The third-order valence-corrected chi connectivity index (χ3v) is 7.42. The maximum absolute atomic E-state index is 13.5. The summed E-state index contributed by atoms with van der Waals surface area (Å²) in [6.07, 6.45) is 7.38. The monoisotopic (exact) mass is 396 g/mol. The lowest BCUT2D eigenvalue weighted by Gasteiger charge is -2.20. The molecule has 0 radical (unpaired) electrons. The Morgan fingerprint density at radius 1 is 1.18 bits per heavy atom. The third kappa shape index (κ3) is 3.12. The Morgan fingerprint density at radius 3 is 2.71 bits per heavy atom. The van der Waals surface area contributed by atoms with E-state index < -0.39 is 0 Å². The van der Waals surface area contributed by atoms with E-state index in [2.05, 4.69) is 15.6 Å². The summed E-state index contributed by atoms with van der Waals surface area (Å²) in [6.45, 7) is 3.63. The molecule has 2 N–H and O–H groups in total. The molecule has 2 saturated heterocycles. The number of aryl methyl sites for hydroxylation is 1. The van der Waals surface area contributed by atoms with Gasteiger partial charge in [0.2, 0.25) is 0 Å². The molecule has 0 saturated carbocycles. The minimum Gasteiger partial charge on any atom is -0.338 e. The summed E-state index contributed by atoms with van der Waals surface area (Å²) in [4.78, 5) is 33.5. The van der Waals surface area contributed by atoms with E-state index >= 15 is 0 Å². The normalized spacial score (nSPS) is 23.4. The van der Waals surface area contributed by atoms with Crippen molar-refractivity contribution in [3.05, 3.63) is 46.1 Å². The van der Waals surface area contributed by atoms with Gasteiger partial charge in [0.15, 0.2) is 0 Å². The molecule has 2 aromatic rings. The lowest BCUT2D eigenvalue weighted by atomic mass is 9.95. The summed E-state index contributed by atoms with van der Waals surface area (Å²) in [6, 6.07) is 3.49. The largest absolute Gasteiger partial charge is 0.338 e. The number of amides is 2. The molecule has 0 spiro atoms. The van der Waals surface area contributed by atoms with E-state index in [9.17, 15) is 9.59 Å². The molecule has 2 aliphatic heterocycles. The number of pyridine rings is 1. The first-order valence-electron chi connectivity index (χ1n) is 10.1. The second-order valence-electron chi connectivity index (χ2n) is 8.00. The first-order valence-corrected chi connectivity index (χ1v) is 10.9. The summed E-state index contributed by atoms with van der Waals surface area (Å²) >= 11 is 1.58. The number of fused-ring (bicyclic) bond motifs is 2. The van der Waals surface area contributed by atoms with E-state index in [0.29, 0.717) is 22.4 Å². The predicted molar refractivity (Wildman–Crippen MR) is 109 cm³/mol. The minimum absolute atomic E-state index is 0.0929. The smallest absolute Gasteiger partial charge is 0.257 e. The highest BCUT2D eigenvalue weighted by Crippen LogP contribution is 2.40. The van der Waals surface area contributed by atoms with Crippen molar-refractivity contribution in [3.63, 3.8) is 0 Å². The topological polar surface area (TPSA) is 74.3 Å². The average Bonchev–Trinajstić information content (AvgIpc) is 3.41. The van der Waals surface area contributed by atoms with Crippen LogP contribution in [0.5, 0.6) is 0 Å². The average molecular weight is 397 g/mol. The first-order chi connectivity index (χ1) is 13.7. The molecule has 2 aromatic heterocycles. The molecule has 0 unspecified atom stereocenters. The van der Waals surface area contributed by atoms with Crippen molar-refractivity contribution in [1.82, 2.24) is 15.2 Å². The molecular weight excluding hydrogens is 372 g/mol. The Labute approximate surface area is 168 Å². The highest BCUT2D eigenvalue weighted by molar-refractivity contribution is 7.17. The molecule has 2 amide bonds. The van der Waals surface area contributed by atoms with Crippen LogP contribution < -0.4 is 10.6 Å². The van der Waals surface area contributed by atoms with Crippen molar-refractivity contribution in [2.45, 2.75) is 25.7 Å². The van der Waals surface area contributed by atoms with E-state index in [-0.39, 0.29) is 11.8 Å². The second-order valence-corrected chi connectivity index (χ2v) is 9.10. The maximum atomic E-state index is 13.5. The van der Waals surface area contributed by atoms with Crippen LogP contribution in [-0.4, -0.2) is 47.9 Å². The van der Waals surface area contributed by atoms with Crippen LogP contribution in [0.3, 0.4) is 0 Å². The van der Waals surface area contributed by atoms with Gasteiger partial charge < -0.3 is 15.5 Å². The van der Waals surface area contributed by atoms with Crippen LogP contribution in [-0.2, 0) is 12.8 Å². The molecule has 7 heteroatoms. The number of aromatic nitrogens is 1. The van der Waals surface area contributed by atoms with Crippen molar-refractivity contribution in [2.75, 3.05) is 31.5 Å². The number of carbonyl (C=O) groups is 2. The van der Waals surface area contributed by atoms with E-state index in [1.54, 1.807) is 35.9 Å². The van der Waals surface area contributed by atoms with Crippen LogP contribution in [0.15, 0.2) is 24.5 Å². The molecular formula is C21H24N4O2S. The summed E-state index contributed by atoms with van der Waals surface area (Å²) in [5, 5.41) is 7.15. The Kier molecular flexibility index (Phi) is 4.64. The van der Waals surface area contributed by atoms with Gasteiger partial charge in [0.25, 0.3) is 11.8 Å². The lowest BCUT2D eigenvalue weighted by Crippen LogP contribution is -2.33. The fourth-order valence-electron chi connectivity index (χ4n) is 4.73. The van der Waals surface area contributed by atoms with Gasteiger partial charge in [0.05, 0.1) is 11.1 Å². The highest BCUT2D eigenvalue weighted by Gasteiger charge is 2.40.